The Balaban J connectivity index is 1.53. The first-order chi connectivity index (χ1) is 12.1. The molecule has 0 aliphatic carbocycles. The number of ether oxygens (including phenoxy) is 1. The van der Waals surface area contributed by atoms with E-state index in [4.69, 9.17) is 10.5 Å². The molecule has 1 aromatic heterocycles. The Labute approximate surface area is 144 Å². The largest absolute Gasteiger partial charge is 0.484 e. The van der Waals surface area contributed by atoms with Crippen molar-refractivity contribution < 1.29 is 14.3 Å². The lowest BCUT2D eigenvalue weighted by molar-refractivity contribution is -0.120. The number of rotatable bonds is 7. The fourth-order valence-corrected chi connectivity index (χ4v) is 2.42. The van der Waals surface area contributed by atoms with Gasteiger partial charge in [0.05, 0.1) is 17.4 Å². The zero-order valence-corrected chi connectivity index (χ0v) is 13.5. The molecular weight excluding hydrogens is 320 g/mol. The summed E-state index contributed by atoms with van der Waals surface area (Å²) in [5.74, 6) is -0.116. The first-order valence-corrected chi connectivity index (χ1v) is 7.83. The zero-order valence-electron chi connectivity index (χ0n) is 13.5. The van der Waals surface area contributed by atoms with E-state index in [9.17, 15) is 9.59 Å². The summed E-state index contributed by atoms with van der Waals surface area (Å²) in [6.45, 7) is 0.372. The third-order valence-electron chi connectivity index (χ3n) is 3.63. The Morgan fingerprint density at radius 1 is 1.12 bits per heavy atom. The van der Waals surface area contributed by atoms with Gasteiger partial charge in [-0.25, -0.2) is 4.98 Å². The summed E-state index contributed by atoms with van der Waals surface area (Å²) in [4.78, 5) is 27.1. The van der Waals surface area contributed by atoms with Crippen molar-refractivity contribution in [2.45, 2.75) is 13.0 Å². The monoisotopic (exact) mass is 338 g/mol. The van der Waals surface area contributed by atoms with Gasteiger partial charge < -0.3 is 20.4 Å². The highest BCUT2D eigenvalue weighted by molar-refractivity contribution is 5.90. The first kappa shape index (κ1) is 16.5. The van der Waals surface area contributed by atoms with Crippen molar-refractivity contribution in [3.8, 4) is 5.75 Å². The summed E-state index contributed by atoms with van der Waals surface area (Å²) >= 11 is 0. The minimum Gasteiger partial charge on any atom is -0.484 e. The number of imidazole rings is 1. The van der Waals surface area contributed by atoms with Crippen molar-refractivity contribution in [2.75, 3.05) is 11.9 Å². The van der Waals surface area contributed by atoms with Gasteiger partial charge in [-0.1, -0.05) is 12.1 Å². The molecule has 1 heterocycles. The molecular formula is C18H18N4O3. The molecule has 0 aliphatic rings. The number of para-hydroxylation sites is 2. The molecule has 0 atom stereocenters. The molecule has 3 aromatic rings. The predicted molar refractivity (Wildman–Crippen MR) is 94.1 cm³/mol. The fraction of sp³-hybridized carbons (Fsp3) is 0.167. The van der Waals surface area contributed by atoms with Gasteiger partial charge >= 0.3 is 0 Å². The van der Waals surface area contributed by atoms with Gasteiger partial charge in [-0.15, -0.1) is 0 Å². The van der Waals surface area contributed by atoms with Crippen LogP contribution >= 0.6 is 0 Å². The van der Waals surface area contributed by atoms with E-state index in [1.54, 1.807) is 30.6 Å². The zero-order chi connectivity index (χ0) is 17.6. The lowest BCUT2D eigenvalue weighted by Crippen LogP contribution is -2.20. The van der Waals surface area contributed by atoms with E-state index in [0.29, 0.717) is 24.4 Å². The van der Waals surface area contributed by atoms with Gasteiger partial charge in [-0.2, -0.15) is 0 Å². The Morgan fingerprint density at radius 3 is 2.64 bits per heavy atom. The molecule has 0 bridgehead atoms. The van der Waals surface area contributed by atoms with Crippen LogP contribution in [0.25, 0.3) is 11.0 Å². The summed E-state index contributed by atoms with van der Waals surface area (Å²) in [5.41, 5.74) is 7.59. The van der Waals surface area contributed by atoms with E-state index in [1.807, 2.05) is 28.8 Å². The number of anilines is 1. The van der Waals surface area contributed by atoms with Gasteiger partial charge in [-0.3, -0.25) is 9.59 Å². The molecule has 0 spiro atoms. The van der Waals surface area contributed by atoms with Crippen LogP contribution in [-0.2, 0) is 16.1 Å². The van der Waals surface area contributed by atoms with Crippen LogP contribution in [0.15, 0.2) is 54.9 Å². The van der Waals surface area contributed by atoms with E-state index in [0.717, 1.165) is 11.0 Å². The predicted octanol–water partition coefficient (Wildman–Crippen LogP) is 1.93. The van der Waals surface area contributed by atoms with Gasteiger partial charge in [0, 0.05) is 18.7 Å². The number of carbonyl (C=O) groups excluding carboxylic acids is 2. The van der Waals surface area contributed by atoms with Crippen LogP contribution in [-0.4, -0.2) is 28.0 Å². The van der Waals surface area contributed by atoms with Crippen molar-refractivity contribution in [3.05, 3.63) is 54.9 Å². The highest BCUT2D eigenvalue weighted by Gasteiger charge is 2.06. The molecule has 0 saturated carbocycles. The van der Waals surface area contributed by atoms with E-state index < -0.39 is 5.91 Å². The van der Waals surface area contributed by atoms with Crippen molar-refractivity contribution in [1.82, 2.24) is 9.55 Å². The number of amides is 2. The molecule has 2 aromatic carbocycles. The molecule has 3 rings (SSSR count). The van der Waals surface area contributed by atoms with Crippen LogP contribution in [0.2, 0.25) is 0 Å². The number of primary amides is 1. The molecule has 0 saturated heterocycles. The third-order valence-corrected chi connectivity index (χ3v) is 3.63. The smallest absolute Gasteiger partial charge is 0.255 e. The van der Waals surface area contributed by atoms with E-state index in [2.05, 4.69) is 10.3 Å². The minimum atomic E-state index is -0.538. The minimum absolute atomic E-state index is 0.0939. The molecule has 128 valence electrons. The number of aryl methyl sites for hydroxylation is 1. The van der Waals surface area contributed by atoms with Crippen LogP contribution in [0, 0.1) is 0 Å². The third kappa shape index (κ3) is 4.35. The number of hydrogen-bond acceptors (Lipinski definition) is 4. The van der Waals surface area contributed by atoms with Gasteiger partial charge in [0.15, 0.2) is 6.61 Å². The normalized spacial score (nSPS) is 10.6. The fourth-order valence-electron chi connectivity index (χ4n) is 2.42. The lowest BCUT2D eigenvalue weighted by Gasteiger charge is -2.08. The summed E-state index contributed by atoms with van der Waals surface area (Å²) in [7, 11) is 0. The lowest BCUT2D eigenvalue weighted by atomic mass is 10.3. The second-order valence-electron chi connectivity index (χ2n) is 5.50. The van der Waals surface area contributed by atoms with E-state index in [-0.39, 0.29) is 12.5 Å². The van der Waals surface area contributed by atoms with Crippen LogP contribution in [0.5, 0.6) is 5.75 Å². The summed E-state index contributed by atoms with van der Waals surface area (Å²) in [6, 6.07) is 14.6. The average Bonchev–Trinajstić information content (AvgIpc) is 3.02. The van der Waals surface area contributed by atoms with Crippen molar-refractivity contribution in [3.63, 3.8) is 0 Å². The standard InChI is InChI=1S/C18H18N4O3/c19-17(23)11-25-14-7-5-13(6-8-14)21-18(24)9-10-22-12-20-15-3-1-2-4-16(15)22/h1-8,12H,9-11H2,(H2,19,23)(H,21,24). The average molecular weight is 338 g/mol. The molecule has 7 heteroatoms. The summed E-state index contributed by atoms with van der Waals surface area (Å²) in [6.07, 6.45) is 2.07. The number of aromatic nitrogens is 2. The quantitative estimate of drug-likeness (QED) is 0.687. The van der Waals surface area contributed by atoms with Gasteiger partial charge in [0.2, 0.25) is 5.91 Å². The van der Waals surface area contributed by atoms with Gasteiger partial charge in [-0.05, 0) is 36.4 Å². The topological polar surface area (TPSA) is 99.2 Å². The molecule has 0 aliphatic heterocycles. The molecule has 0 fully saturated rings. The number of nitrogens with zero attached hydrogens (tertiary/aromatic N) is 2. The van der Waals surface area contributed by atoms with Crippen LogP contribution in [0.1, 0.15) is 6.42 Å². The highest BCUT2D eigenvalue weighted by atomic mass is 16.5. The number of benzene rings is 2. The maximum absolute atomic E-state index is 12.1. The van der Waals surface area contributed by atoms with E-state index >= 15 is 0 Å². The molecule has 3 N–H and O–H groups in total. The number of nitrogens with one attached hydrogen (secondary N) is 1. The molecule has 0 radical (unpaired) electrons. The Bertz CT molecular complexity index is 887. The first-order valence-electron chi connectivity index (χ1n) is 7.83. The number of hydrogen-bond donors (Lipinski definition) is 2. The summed E-state index contributed by atoms with van der Waals surface area (Å²) < 4.78 is 7.12. The number of nitrogens with two attached hydrogens (primary N) is 1. The van der Waals surface area contributed by atoms with Crippen molar-refractivity contribution in [1.29, 1.82) is 0 Å². The van der Waals surface area contributed by atoms with E-state index in [1.165, 1.54) is 0 Å². The van der Waals surface area contributed by atoms with Crippen LogP contribution in [0.3, 0.4) is 0 Å². The Kier molecular flexibility index (Phi) is 4.94. The second-order valence-corrected chi connectivity index (χ2v) is 5.50. The molecule has 0 unspecified atom stereocenters. The number of fused-ring (bicyclic) bond motifs is 1. The van der Waals surface area contributed by atoms with Gasteiger partial charge in [0.25, 0.3) is 5.91 Å². The SMILES string of the molecule is NC(=O)COc1ccc(NC(=O)CCn2cnc3ccccc32)cc1. The second kappa shape index (κ2) is 7.48. The number of carbonyl (C=O) groups is 2. The molecule has 7 nitrogen and oxygen atoms in total. The maximum atomic E-state index is 12.1. The highest BCUT2D eigenvalue weighted by Crippen LogP contribution is 2.16. The molecule has 2 amide bonds. The maximum Gasteiger partial charge on any atom is 0.255 e. The summed E-state index contributed by atoms with van der Waals surface area (Å²) in [5, 5.41) is 2.82. The Hall–Kier alpha value is -3.35. The van der Waals surface area contributed by atoms with Crippen molar-refractivity contribution >= 4 is 28.5 Å². The Morgan fingerprint density at radius 2 is 1.88 bits per heavy atom. The van der Waals surface area contributed by atoms with Crippen molar-refractivity contribution in [2.24, 2.45) is 5.73 Å². The molecule has 25 heavy (non-hydrogen) atoms. The van der Waals surface area contributed by atoms with Crippen LogP contribution < -0.4 is 15.8 Å². The van der Waals surface area contributed by atoms with Crippen LogP contribution in [0.4, 0.5) is 5.69 Å². The van der Waals surface area contributed by atoms with Gasteiger partial charge in [0.1, 0.15) is 5.75 Å².